The third kappa shape index (κ3) is 13.0. The molecular weight excluding hydrogens is 1590 g/mol. The Hall–Kier alpha value is -12.2. The topological polar surface area (TPSA) is 31.6 Å². The molecule has 0 bridgehead atoms. The van der Waals surface area contributed by atoms with Gasteiger partial charge in [0.25, 0.3) is 6.71 Å². The van der Waals surface area contributed by atoms with Crippen LogP contribution in [-0.2, 0) is 43.3 Å². The van der Waals surface area contributed by atoms with E-state index in [2.05, 4.69) is 438 Å². The van der Waals surface area contributed by atoms with E-state index in [1.807, 2.05) is 11.8 Å². The summed E-state index contributed by atoms with van der Waals surface area (Å²) in [4.78, 5) is 5.10. The zero-order valence-corrected chi connectivity index (χ0v) is 80.0. The molecule has 17 aromatic rings. The van der Waals surface area contributed by atoms with E-state index in [-0.39, 0.29) is 56.7 Å². The molecule has 0 radical (unpaired) electrons. The van der Waals surface area contributed by atoms with Crippen LogP contribution in [0.5, 0.6) is 23.0 Å². The number of aromatic nitrogens is 2. The molecule has 15 aromatic carbocycles. The van der Waals surface area contributed by atoms with Gasteiger partial charge < -0.3 is 23.5 Å². The standard InChI is InChI=1S/C122H115B2N3O2S/c1-115(2,3)79-40-51-99-88(66-79)89-67-80(116(4,5)6)41-52-100(89)125(99)83-44-48-94-103(70-83)127(98-50-39-74(72-29-23-21-24-30-72)59-87(98)73-31-25-22-26-32-73)104-60-77(65-110-113(104)123(94)97-49-45-84(71-109(97)130-110)126-101-53-42-81(117(7,8)9)68-90(101)91-69-82(118(10,11)12)43-54-102(91)126)78-63-107-114-108(64-78)129-106-62-76(86-34-28-36-93-112(86)122(19,20)58-56-120(93,15)16)38-47-96(106)124(114)95-46-37-75(61-105(95)128-107)85-33-27-35-92-111(85)121(17,18)57-55-119(92,13)14/h21-54,59-71H,55-58H2,1-20H3. The first kappa shape index (κ1) is 82.2. The zero-order valence-electron chi connectivity index (χ0n) is 79.2. The van der Waals surface area contributed by atoms with Gasteiger partial charge in [0.2, 0.25) is 6.71 Å². The number of hydrogen-bond donors (Lipinski definition) is 0. The molecule has 0 saturated heterocycles. The second-order valence-corrected chi connectivity index (χ2v) is 46.4. The van der Waals surface area contributed by atoms with Crippen LogP contribution in [-0.4, -0.2) is 22.6 Å². The number of ether oxygens (including phenoxy) is 2. The summed E-state index contributed by atoms with van der Waals surface area (Å²) in [5.74, 6) is 3.36. The summed E-state index contributed by atoms with van der Waals surface area (Å²) in [6.07, 6.45) is 4.51. The highest BCUT2D eigenvalue weighted by Crippen LogP contribution is 2.56. The molecule has 0 N–H and O–H groups in total. The molecule has 0 spiro atoms. The Kier molecular flexibility index (Phi) is 18.1. The first-order valence-electron chi connectivity index (χ1n) is 47.4. The summed E-state index contributed by atoms with van der Waals surface area (Å²) in [6.45, 7) is 47.2. The minimum Gasteiger partial charge on any atom is -0.458 e. The average molecular weight is 1710 g/mol. The third-order valence-electron chi connectivity index (χ3n) is 30.8. The van der Waals surface area contributed by atoms with E-state index in [0.29, 0.717) is 0 Å². The summed E-state index contributed by atoms with van der Waals surface area (Å²) in [7, 11) is 0. The lowest BCUT2D eigenvalue weighted by Crippen LogP contribution is -2.59. The molecule has 4 aliphatic heterocycles. The van der Waals surface area contributed by atoms with Crippen molar-refractivity contribution in [3.63, 3.8) is 0 Å². The van der Waals surface area contributed by atoms with Crippen molar-refractivity contribution in [3.8, 4) is 90.0 Å². The Morgan fingerprint density at radius 2 is 0.685 bits per heavy atom. The van der Waals surface area contributed by atoms with Crippen molar-refractivity contribution in [1.29, 1.82) is 0 Å². The van der Waals surface area contributed by atoms with E-state index < -0.39 is 0 Å². The summed E-state index contributed by atoms with van der Waals surface area (Å²) >= 11 is 1.92. The number of anilines is 3. The van der Waals surface area contributed by atoms with E-state index in [1.54, 1.807) is 0 Å². The van der Waals surface area contributed by atoms with Crippen LogP contribution >= 0.6 is 11.8 Å². The molecule has 2 aliphatic carbocycles. The molecule has 642 valence electrons. The summed E-state index contributed by atoms with van der Waals surface area (Å²) in [5, 5.41) is 5.07. The highest BCUT2D eigenvalue weighted by Gasteiger charge is 2.47. The van der Waals surface area contributed by atoms with E-state index in [4.69, 9.17) is 9.47 Å². The normalized spacial score (nSPS) is 16.0. The van der Waals surface area contributed by atoms with Crippen molar-refractivity contribution in [1.82, 2.24) is 9.13 Å². The van der Waals surface area contributed by atoms with E-state index >= 15 is 0 Å². The molecule has 2 aromatic heterocycles. The fourth-order valence-electron chi connectivity index (χ4n) is 23.2. The third-order valence-corrected chi connectivity index (χ3v) is 31.9. The average Bonchev–Trinajstić information content (AvgIpc) is 0.909. The largest absolute Gasteiger partial charge is 0.458 e. The first-order chi connectivity index (χ1) is 61.9. The fraction of sp³-hybridized carbons (Fsp3) is 0.262. The van der Waals surface area contributed by atoms with Crippen LogP contribution in [0.2, 0.25) is 0 Å². The summed E-state index contributed by atoms with van der Waals surface area (Å²) in [6, 6.07) is 111. The molecule has 8 heteroatoms. The summed E-state index contributed by atoms with van der Waals surface area (Å²) < 4.78 is 20.7. The van der Waals surface area contributed by atoms with Crippen molar-refractivity contribution >= 4 is 119 Å². The van der Waals surface area contributed by atoms with Crippen LogP contribution in [0.1, 0.15) is 209 Å². The quantitative estimate of drug-likeness (QED) is 0.142. The van der Waals surface area contributed by atoms with Crippen LogP contribution in [0.15, 0.2) is 295 Å². The number of nitrogens with zero attached hydrogens (tertiary/aromatic N) is 3. The molecule has 0 unspecified atom stereocenters. The molecule has 0 saturated carbocycles. The van der Waals surface area contributed by atoms with Gasteiger partial charge in [-0.3, -0.25) is 0 Å². The van der Waals surface area contributed by atoms with Gasteiger partial charge in [-0.1, -0.05) is 319 Å². The minimum atomic E-state index is -0.191. The lowest BCUT2D eigenvalue weighted by atomic mass is 9.34. The van der Waals surface area contributed by atoms with Crippen molar-refractivity contribution in [2.24, 2.45) is 0 Å². The zero-order chi connectivity index (χ0) is 89.9. The highest BCUT2D eigenvalue weighted by atomic mass is 32.2. The van der Waals surface area contributed by atoms with Crippen LogP contribution in [0.4, 0.5) is 17.1 Å². The minimum absolute atomic E-state index is 0.0276. The monoisotopic (exact) mass is 1710 g/mol. The maximum absolute atomic E-state index is 7.80. The Morgan fingerprint density at radius 3 is 1.15 bits per heavy atom. The van der Waals surface area contributed by atoms with Crippen LogP contribution in [0, 0.1) is 0 Å². The van der Waals surface area contributed by atoms with E-state index in [1.165, 1.54) is 142 Å². The number of fused-ring (bicyclic) bond motifs is 16. The predicted molar refractivity (Wildman–Crippen MR) is 555 cm³/mol. The molecule has 5 nitrogen and oxygen atoms in total. The molecule has 6 aliphatic rings. The molecule has 0 atom stereocenters. The second kappa shape index (κ2) is 28.6. The molecule has 23 rings (SSSR count). The molecule has 0 fully saturated rings. The lowest BCUT2D eigenvalue weighted by molar-refractivity contribution is 0.333. The fourth-order valence-corrected chi connectivity index (χ4v) is 24.5. The first-order valence-corrected chi connectivity index (χ1v) is 48.2. The van der Waals surface area contributed by atoms with Gasteiger partial charge >= 0.3 is 0 Å². The number of benzene rings is 15. The Morgan fingerprint density at radius 1 is 0.277 bits per heavy atom. The highest BCUT2D eigenvalue weighted by molar-refractivity contribution is 8.00. The molecular formula is C122H115B2N3O2S. The maximum atomic E-state index is 7.80. The SMILES string of the molecule is CC(C)(C)c1ccc2c(c1)c1cc(C(C)(C)C)ccc1n2-c1ccc2c(c1)Sc1cc(-c3cc4c5c(c3)Oc3cc(-c6cccc7c6C(C)(C)CCC7(C)C)ccc3B5c3ccc(-c5cccc6c5C(C)(C)CCC6(C)C)cc3O4)cc3c1B2c1ccc(-n2c4ccc(C(C)(C)C)cc4c4cc(C(C)(C)C)ccc42)cc1N3c1ccc(-c2ccccc2)cc1-c1ccccc1. The predicted octanol–water partition coefficient (Wildman–Crippen LogP) is 29.6. The smallest absolute Gasteiger partial charge is 0.260 e. The van der Waals surface area contributed by atoms with Crippen molar-refractivity contribution in [3.05, 3.63) is 330 Å². The molecule has 130 heavy (non-hydrogen) atoms. The Balaban J connectivity index is 0.790. The molecule has 6 heterocycles. The number of rotatable bonds is 8. The van der Waals surface area contributed by atoms with E-state index in [0.717, 1.165) is 121 Å². The number of hydrogen-bond acceptors (Lipinski definition) is 4. The Bertz CT molecular complexity index is 7400. The van der Waals surface area contributed by atoms with Gasteiger partial charge in [0.05, 0.1) is 27.8 Å². The van der Waals surface area contributed by atoms with Crippen LogP contribution in [0.3, 0.4) is 0 Å². The van der Waals surface area contributed by atoms with Crippen molar-refractivity contribution in [2.45, 2.75) is 217 Å². The van der Waals surface area contributed by atoms with Crippen molar-refractivity contribution in [2.75, 3.05) is 4.90 Å². The van der Waals surface area contributed by atoms with Gasteiger partial charge in [0.15, 0.2) is 0 Å². The van der Waals surface area contributed by atoms with Crippen molar-refractivity contribution < 1.29 is 9.47 Å². The second-order valence-electron chi connectivity index (χ2n) is 45.3. The maximum Gasteiger partial charge on any atom is 0.260 e. The van der Waals surface area contributed by atoms with Gasteiger partial charge in [-0.2, -0.15) is 0 Å². The summed E-state index contributed by atoms with van der Waals surface area (Å²) in [5.41, 5.74) is 39.9. The Labute approximate surface area is 773 Å². The van der Waals surface area contributed by atoms with Crippen LogP contribution < -0.4 is 47.2 Å². The van der Waals surface area contributed by atoms with Gasteiger partial charge in [0, 0.05) is 65.1 Å². The van der Waals surface area contributed by atoms with Gasteiger partial charge in [-0.15, -0.1) is 0 Å². The van der Waals surface area contributed by atoms with Gasteiger partial charge in [0.1, 0.15) is 23.0 Å². The van der Waals surface area contributed by atoms with Gasteiger partial charge in [-0.05, 0) is 307 Å². The van der Waals surface area contributed by atoms with E-state index in [9.17, 15) is 0 Å². The van der Waals surface area contributed by atoms with Crippen LogP contribution in [0.25, 0.3) is 111 Å². The molecule has 0 amide bonds. The lowest BCUT2D eigenvalue weighted by Gasteiger charge is -2.43. The van der Waals surface area contributed by atoms with Gasteiger partial charge in [-0.25, -0.2) is 0 Å².